The highest BCUT2D eigenvalue weighted by Crippen LogP contribution is 2.21. The van der Waals surface area contributed by atoms with Crippen molar-refractivity contribution in [3.63, 3.8) is 0 Å². The minimum absolute atomic E-state index is 0.128. The first kappa shape index (κ1) is 21.2. The van der Waals surface area contributed by atoms with Gasteiger partial charge in [-0.1, -0.05) is 0 Å². The molecule has 10 nitrogen and oxygen atoms in total. The number of nitrogens with one attached hydrogen (secondary N) is 1. The van der Waals surface area contributed by atoms with Crippen molar-refractivity contribution in [2.24, 2.45) is 5.73 Å². The van der Waals surface area contributed by atoms with E-state index in [1.54, 1.807) is 18.3 Å². The molecule has 12 heteroatoms. The van der Waals surface area contributed by atoms with Crippen LogP contribution in [0.5, 0.6) is 5.88 Å². The fourth-order valence-electron chi connectivity index (χ4n) is 1.52. The monoisotopic (exact) mass is 486 g/mol. The number of H-pyrrole nitrogens is 1. The Kier molecular flexibility index (Phi) is 8.87. The second-order valence-electron chi connectivity index (χ2n) is 4.15. The molecule has 0 spiro atoms. The summed E-state index contributed by atoms with van der Waals surface area (Å²) < 4.78 is 6.01. The van der Waals surface area contributed by atoms with E-state index >= 15 is 0 Å². The van der Waals surface area contributed by atoms with Crippen molar-refractivity contribution in [3.8, 4) is 5.88 Å². The summed E-state index contributed by atoms with van der Waals surface area (Å²) in [6.07, 6.45) is 4.67. The van der Waals surface area contributed by atoms with Crippen molar-refractivity contribution in [2.75, 3.05) is 5.73 Å². The number of nitrogens with zero attached hydrogens (tertiary/aromatic N) is 3. The van der Waals surface area contributed by atoms with E-state index in [1.807, 2.05) is 0 Å². The van der Waals surface area contributed by atoms with Crippen molar-refractivity contribution in [3.05, 3.63) is 50.2 Å². The number of anilines is 1. The van der Waals surface area contributed by atoms with Gasteiger partial charge >= 0.3 is 0 Å². The number of hydrogen-bond acceptors (Lipinski definition) is 8. The van der Waals surface area contributed by atoms with Crippen molar-refractivity contribution in [1.82, 2.24) is 19.9 Å². The van der Waals surface area contributed by atoms with Gasteiger partial charge in [-0.15, -0.1) is 0 Å². The Labute approximate surface area is 163 Å². The number of nitrogens with two attached hydrogens (primary N) is 2. The molecule has 0 aromatic carbocycles. The number of aromatic nitrogens is 4. The van der Waals surface area contributed by atoms with Gasteiger partial charge in [0.05, 0.1) is 17.5 Å². The van der Waals surface area contributed by atoms with Crippen LogP contribution < -0.4 is 21.8 Å². The lowest BCUT2D eigenvalue weighted by molar-refractivity contribution is -0.120. The molecule has 0 radical (unpaired) electrons. The number of pyridine rings is 2. The highest BCUT2D eigenvalue weighted by molar-refractivity contribution is 9.10. The normalized spacial score (nSPS) is 9.15. The number of rotatable bonds is 2. The Morgan fingerprint density at radius 2 is 1.69 bits per heavy atom. The minimum atomic E-state index is -0.215. The van der Waals surface area contributed by atoms with Gasteiger partial charge in [0.15, 0.2) is 5.52 Å². The number of halogens is 2. The third-order valence-electron chi connectivity index (χ3n) is 2.45. The van der Waals surface area contributed by atoms with Gasteiger partial charge in [0.25, 0.3) is 12.0 Å². The Morgan fingerprint density at radius 1 is 1.08 bits per heavy atom. The molecule has 3 aromatic heterocycles. The molecule has 0 aliphatic carbocycles. The van der Waals surface area contributed by atoms with E-state index in [4.69, 9.17) is 10.5 Å². The Balaban J connectivity index is 0.000000227. The number of hydrogen-bond donors (Lipinski definition) is 3. The largest absolute Gasteiger partial charge is 0.407 e. The SMILES string of the molecule is NC=O.Nc1cc(Br)cnc1OC=O.O=c1[nH]cnc2cc(Br)cnc12. The van der Waals surface area contributed by atoms with Crippen LogP contribution in [0.15, 0.2) is 44.6 Å². The highest BCUT2D eigenvalue weighted by Gasteiger charge is 2.01. The van der Waals surface area contributed by atoms with Crippen LogP contribution >= 0.6 is 31.9 Å². The van der Waals surface area contributed by atoms with Crippen LogP contribution in [0.25, 0.3) is 11.0 Å². The van der Waals surface area contributed by atoms with E-state index in [0.29, 0.717) is 16.7 Å². The zero-order valence-electron chi connectivity index (χ0n) is 12.9. The van der Waals surface area contributed by atoms with E-state index in [1.165, 1.54) is 12.5 Å². The average molecular weight is 488 g/mol. The quantitative estimate of drug-likeness (QED) is 0.452. The lowest BCUT2D eigenvalue weighted by Gasteiger charge is -1.99. The first-order chi connectivity index (χ1) is 12.4. The van der Waals surface area contributed by atoms with Crippen LogP contribution in [-0.4, -0.2) is 32.8 Å². The van der Waals surface area contributed by atoms with Crippen LogP contribution in [0.2, 0.25) is 0 Å². The standard InChI is InChI=1S/C7H4BrN3O.C6H5BrN2O2.CH3NO/c8-4-1-5-6(9-2-4)7(12)11-3-10-5;7-4-1-5(8)6(9-2-4)11-3-10;2-1-3/h1-3H,(H,10,11,12);1-3H,8H2;1H,(H2,2,3). The summed E-state index contributed by atoms with van der Waals surface area (Å²) in [4.78, 5) is 43.7. The van der Waals surface area contributed by atoms with Gasteiger partial charge in [-0.25, -0.2) is 15.0 Å². The summed E-state index contributed by atoms with van der Waals surface area (Å²) in [6.45, 7) is 0.284. The minimum Gasteiger partial charge on any atom is -0.407 e. The Bertz CT molecular complexity index is 950. The number of primary amides is 1. The maximum atomic E-state index is 11.1. The van der Waals surface area contributed by atoms with Crippen molar-refractivity contribution >= 4 is 61.5 Å². The first-order valence-electron chi connectivity index (χ1n) is 6.58. The van der Waals surface area contributed by atoms with Crippen molar-refractivity contribution in [2.45, 2.75) is 0 Å². The fourth-order valence-corrected chi connectivity index (χ4v) is 2.19. The Morgan fingerprint density at radius 3 is 2.31 bits per heavy atom. The topological polar surface area (TPSA) is 167 Å². The molecule has 0 aliphatic heterocycles. The number of aromatic amines is 1. The molecule has 0 saturated carbocycles. The smallest absolute Gasteiger partial charge is 0.299 e. The molecule has 3 heterocycles. The average Bonchev–Trinajstić information content (AvgIpc) is 2.59. The van der Waals surface area contributed by atoms with E-state index in [2.05, 4.69) is 62.3 Å². The zero-order chi connectivity index (χ0) is 19.5. The fraction of sp³-hybridized carbons (Fsp3) is 0. The molecular weight excluding hydrogens is 476 g/mol. The number of carbonyl (C=O) groups is 2. The van der Waals surface area contributed by atoms with Crippen LogP contribution in [0.1, 0.15) is 0 Å². The molecule has 0 atom stereocenters. The third-order valence-corrected chi connectivity index (χ3v) is 3.32. The molecule has 3 aromatic rings. The lowest BCUT2D eigenvalue weighted by Crippen LogP contribution is -2.07. The van der Waals surface area contributed by atoms with Crippen LogP contribution in [0.4, 0.5) is 5.69 Å². The van der Waals surface area contributed by atoms with Gasteiger partial charge in [-0.2, -0.15) is 0 Å². The predicted molar refractivity (Wildman–Crippen MR) is 101 cm³/mol. The number of amides is 1. The molecule has 136 valence electrons. The maximum absolute atomic E-state index is 11.1. The third kappa shape index (κ3) is 6.57. The van der Waals surface area contributed by atoms with Crippen LogP contribution in [0.3, 0.4) is 0 Å². The summed E-state index contributed by atoms with van der Waals surface area (Å²) in [7, 11) is 0. The molecule has 0 unspecified atom stereocenters. The van der Waals surface area contributed by atoms with Gasteiger partial charge in [-0.05, 0) is 44.0 Å². The number of nitrogen functional groups attached to an aromatic ring is 1. The highest BCUT2D eigenvalue weighted by atomic mass is 79.9. The number of carbonyl (C=O) groups excluding carboxylic acids is 2. The molecular formula is C14H12Br2N6O4. The van der Waals surface area contributed by atoms with E-state index in [0.717, 1.165) is 8.95 Å². The second kappa shape index (κ2) is 10.9. The maximum Gasteiger partial charge on any atom is 0.299 e. The van der Waals surface area contributed by atoms with Gasteiger partial charge in [0.1, 0.15) is 0 Å². The van der Waals surface area contributed by atoms with Gasteiger partial charge in [0, 0.05) is 21.3 Å². The zero-order valence-corrected chi connectivity index (χ0v) is 16.1. The summed E-state index contributed by atoms with van der Waals surface area (Å²) in [5.74, 6) is 0.128. The van der Waals surface area contributed by atoms with Crippen LogP contribution in [0, 0.1) is 0 Å². The molecule has 0 bridgehead atoms. The summed E-state index contributed by atoms with van der Waals surface area (Å²) in [5, 5.41) is 0. The van der Waals surface area contributed by atoms with Crippen LogP contribution in [-0.2, 0) is 9.59 Å². The molecule has 26 heavy (non-hydrogen) atoms. The van der Waals surface area contributed by atoms with Crippen molar-refractivity contribution < 1.29 is 14.3 Å². The molecule has 0 saturated heterocycles. The van der Waals surface area contributed by atoms with E-state index in [9.17, 15) is 9.59 Å². The lowest BCUT2D eigenvalue weighted by atomic mass is 10.4. The molecule has 0 fully saturated rings. The summed E-state index contributed by atoms with van der Waals surface area (Å²) in [6, 6.07) is 3.35. The molecule has 3 rings (SSSR count). The number of ether oxygens (including phenoxy) is 1. The Hall–Kier alpha value is -2.86. The second-order valence-corrected chi connectivity index (χ2v) is 5.98. The van der Waals surface area contributed by atoms with Gasteiger partial charge in [0.2, 0.25) is 12.3 Å². The van der Waals surface area contributed by atoms with E-state index < -0.39 is 0 Å². The predicted octanol–water partition coefficient (Wildman–Crippen LogP) is 1.14. The van der Waals surface area contributed by atoms with Gasteiger partial charge in [-0.3, -0.25) is 14.4 Å². The van der Waals surface area contributed by atoms with Crippen molar-refractivity contribution in [1.29, 1.82) is 0 Å². The summed E-state index contributed by atoms with van der Waals surface area (Å²) in [5.41, 5.74) is 10.7. The first-order valence-corrected chi connectivity index (χ1v) is 8.17. The molecule has 5 N–H and O–H groups in total. The van der Waals surface area contributed by atoms with E-state index in [-0.39, 0.29) is 24.3 Å². The number of fused-ring (bicyclic) bond motifs is 1. The summed E-state index contributed by atoms with van der Waals surface area (Å²) >= 11 is 6.40. The molecule has 0 aliphatic rings. The molecule has 1 amide bonds. The van der Waals surface area contributed by atoms with Gasteiger partial charge < -0.3 is 21.2 Å².